The number of rotatable bonds is 0. The first-order chi connectivity index (χ1) is 12.6. The van der Waals surface area contributed by atoms with Crippen LogP contribution in [0.5, 0.6) is 0 Å². The van der Waals surface area contributed by atoms with E-state index in [-0.39, 0.29) is 11.6 Å². The Morgan fingerprint density at radius 1 is 0.615 bits per heavy atom. The van der Waals surface area contributed by atoms with E-state index >= 15 is 0 Å². The molecule has 5 heteroatoms. The van der Waals surface area contributed by atoms with Gasteiger partial charge in [0.25, 0.3) is 0 Å². The molecule has 0 unspecified atom stereocenters. The van der Waals surface area contributed by atoms with E-state index in [4.69, 9.17) is 18.9 Å². The fourth-order valence-electron chi connectivity index (χ4n) is 4.40. The zero-order valence-corrected chi connectivity index (χ0v) is 16.1. The molecule has 5 nitrogen and oxygen atoms in total. The Morgan fingerprint density at radius 3 is 1.35 bits per heavy atom. The van der Waals surface area contributed by atoms with Gasteiger partial charge < -0.3 is 18.9 Å². The van der Waals surface area contributed by atoms with Gasteiger partial charge in [0.2, 0.25) is 0 Å². The minimum absolute atomic E-state index is 0.208. The van der Waals surface area contributed by atoms with Gasteiger partial charge in [0.15, 0.2) is 11.6 Å². The zero-order chi connectivity index (χ0) is 18.3. The van der Waals surface area contributed by atoms with Crippen LogP contribution in [0.15, 0.2) is 12.2 Å². The van der Waals surface area contributed by atoms with E-state index in [0.717, 1.165) is 64.6 Å². The number of ether oxygens (including phenoxy) is 4. The highest BCUT2D eigenvalue weighted by molar-refractivity contribution is 5.78. The fourth-order valence-corrected chi connectivity index (χ4v) is 4.40. The number of Topliss-reactive ketones (excluding diaryl/α,β-unsaturated/α-hetero) is 1. The summed E-state index contributed by atoms with van der Waals surface area (Å²) in [5.41, 5.74) is 1.40. The highest BCUT2D eigenvalue weighted by atomic mass is 16.7. The third-order valence-electron chi connectivity index (χ3n) is 5.83. The molecule has 4 rings (SSSR count). The van der Waals surface area contributed by atoms with Gasteiger partial charge in [-0.3, -0.25) is 4.79 Å². The van der Waals surface area contributed by atoms with E-state index in [0.29, 0.717) is 31.8 Å². The van der Waals surface area contributed by atoms with Crippen molar-refractivity contribution in [3.63, 3.8) is 0 Å². The van der Waals surface area contributed by atoms with Crippen molar-refractivity contribution in [1.82, 2.24) is 0 Å². The van der Waals surface area contributed by atoms with Gasteiger partial charge in [0, 0.05) is 38.5 Å². The van der Waals surface area contributed by atoms with E-state index in [1.54, 1.807) is 0 Å². The number of carbonyl (C=O) groups excluding carboxylic acids is 1. The van der Waals surface area contributed by atoms with E-state index in [9.17, 15) is 4.79 Å². The van der Waals surface area contributed by atoms with Gasteiger partial charge in [-0.05, 0) is 38.5 Å². The summed E-state index contributed by atoms with van der Waals surface area (Å²) in [5, 5.41) is 0. The summed E-state index contributed by atoms with van der Waals surface area (Å²) in [6, 6.07) is 0. The fraction of sp³-hybridized carbons (Fsp3) is 0.857. The van der Waals surface area contributed by atoms with Gasteiger partial charge in [-0.1, -0.05) is 12.2 Å². The predicted molar refractivity (Wildman–Crippen MR) is 98.8 cm³/mol. The molecule has 2 heterocycles. The average molecular weight is 366 g/mol. The molecule has 2 aliphatic carbocycles. The van der Waals surface area contributed by atoms with Crippen LogP contribution in [0.25, 0.3) is 0 Å². The van der Waals surface area contributed by atoms with Crippen molar-refractivity contribution in [2.75, 3.05) is 26.4 Å². The first-order valence-corrected chi connectivity index (χ1v) is 10.4. The van der Waals surface area contributed by atoms with Crippen LogP contribution in [0.2, 0.25) is 0 Å². The van der Waals surface area contributed by atoms with Gasteiger partial charge >= 0.3 is 0 Å². The second kappa shape index (κ2) is 9.45. The van der Waals surface area contributed by atoms with Crippen molar-refractivity contribution in [2.45, 2.75) is 88.6 Å². The Morgan fingerprint density at radius 2 is 0.962 bits per heavy atom. The molecule has 148 valence electrons. The molecule has 0 atom stereocenters. The van der Waals surface area contributed by atoms with Crippen LogP contribution in [0.1, 0.15) is 77.0 Å². The quantitative estimate of drug-likeness (QED) is 0.599. The number of hydrogen-bond acceptors (Lipinski definition) is 5. The molecule has 2 saturated carbocycles. The van der Waals surface area contributed by atoms with Crippen molar-refractivity contribution in [1.29, 1.82) is 0 Å². The Kier molecular flexibility index (Phi) is 7.27. The summed E-state index contributed by atoms with van der Waals surface area (Å²) < 4.78 is 22.6. The Hall–Kier alpha value is -0.750. The Balaban J connectivity index is 0.000000151. The molecule has 0 amide bonds. The molecule has 0 N–H and O–H groups in total. The van der Waals surface area contributed by atoms with Crippen LogP contribution in [-0.2, 0) is 23.7 Å². The van der Waals surface area contributed by atoms with Gasteiger partial charge in [-0.25, -0.2) is 0 Å². The lowest BCUT2D eigenvalue weighted by Crippen LogP contribution is -2.31. The summed E-state index contributed by atoms with van der Waals surface area (Å²) >= 11 is 0. The van der Waals surface area contributed by atoms with E-state index in [1.807, 2.05) is 0 Å². The van der Waals surface area contributed by atoms with Crippen LogP contribution in [0.3, 0.4) is 0 Å². The standard InChI is InChI=1S/C11H18O2.C10H16O3/c1-10-4-2-6-11(7-3-5-10)12-8-9-13-11;11-9-3-1-5-10(6-2-4-9)12-7-8-13-10/h1-9H2;1-8H2. The molecule has 26 heavy (non-hydrogen) atoms. The second-order valence-electron chi connectivity index (χ2n) is 7.92. The lowest BCUT2D eigenvalue weighted by atomic mass is 9.93. The number of allylic oxidation sites excluding steroid dienone is 1. The Bertz CT molecular complexity index is 403. The van der Waals surface area contributed by atoms with Crippen molar-refractivity contribution in [2.24, 2.45) is 0 Å². The molecular formula is C21H34O5. The summed E-state index contributed by atoms with van der Waals surface area (Å²) in [6.07, 6.45) is 11.7. The molecule has 2 saturated heterocycles. The molecule has 0 radical (unpaired) electrons. The van der Waals surface area contributed by atoms with Gasteiger partial charge in [-0.2, -0.15) is 0 Å². The van der Waals surface area contributed by atoms with Crippen molar-refractivity contribution < 1.29 is 23.7 Å². The SMILES string of the molecule is C=C1CCCC2(CCC1)OCCO2.O=C1CCCC2(CCC1)OCCO2. The van der Waals surface area contributed by atoms with E-state index in [2.05, 4.69) is 6.58 Å². The van der Waals surface area contributed by atoms with Gasteiger partial charge in [-0.15, -0.1) is 0 Å². The summed E-state index contributed by atoms with van der Waals surface area (Å²) in [4.78, 5) is 11.2. The van der Waals surface area contributed by atoms with Gasteiger partial charge in [0.1, 0.15) is 5.78 Å². The zero-order valence-electron chi connectivity index (χ0n) is 16.1. The molecule has 2 aliphatic heterocycles. The number of carbonyl (C=O) groups is 1. The largest absolute Gasteiger partial charge is 0.348 e. The normalized spacial score (nSPS) is 28.8. The maximum atomic E-state index is 11.2. The predicted octanol–water partition coefficient (Wildman–Crippen LogP) is 4.29. The molecular weight excluding hydrogens is 332 g/mol. The Labute approximate surface area is 157 Å². The topological polar surface area (TPSA) is 54.0 Å². The number of ketones is 1. The maximum Gasteiger partial charge on any atom is 0.168 e. The minimum atomic E-state index is -0.319. The lowest BCUT2D eigenvalue weighted by Gasteiger charge is -2.29. The molecule has 0 aromatic rings. The first kappa shape index (κ1) is 20.0. The molecule has 4 fully saturated rings. The van der Waals surface area contributed by atoms with Crippen LogP contribution in [-0.4, -0.2) is 43.8 Å². The minimum Gasteiger partial charge on any atom is -0.348 e. The van der Waals surface area contributed by atoms with Crippen LogP contribution in [0.4, 0.5) is 0 Å². The van der Waals surface area contributed by atoms with E-state index < -0.39 is 0 Å². The summed E-state index contributed by atoms with van der Waals surface area (Å²) in [5.74, 6) is -0.130. The first-order valence-electron chi connectivity index (χ1n) is 10.4. The molecule has 0 bridgehead atoms. The van der Waals surface area contributed by atoms with Crippen LogP contribution >= 0.6 is 0 Å². The monoisotopic (exact) mass is 366 g/mol. The summed E-state index contributed by atoms with van der Waals surface area (Å²) in [7, 11) is 0. The molecule has 0 aromatic heterocycles. The molecule has 0 aromatic carbocycles. The summed E-state index contributed by atoms with van der Waals surface area (Å²) in [6.45, 7) is 7.04. The third kappa shape index (κ3) is 5.62. The second-order valence-corrected chi connectivity index (χ2v) is 7.92. The number of hydrogen-bond donors (Lipinski definition) is 0. The van der Waals surface area contributed by atoms with Crippen LogP contribution in [0, 0.1) is 0 Å². The van der Waals surface area contributed by atoms with E-state index in [1.165, 1.54) is 18.4 Å². The lowest BCUT2D eigenvalue weighted by molar-refractivity contribution is -0.171. The van der Waals surface area contributed by atoms with Crippen molar-refractivity contribution in [3.8, 4) is 0 Å². The molecule has 2 spiro atoms. The molecule has 4 aliphatic rings. The average Bonchev–Trinajstić information content (AvgIpc) is 3.23. The van der Waals surface area contributed by atoms with Crippen LogP contribution < -0.4 is 0 Å². The van der Waals surface area contributed by atoms with Crippen molar-refractivity contribution in [3.05, 3.63) is 12.2 Å². The smallest absolute Gasteiger partial charge is 0.168 e. The third-order valence-corrected chi connectivity index (χ3v) is 5.83. The van der Waals surface area contributed by atoms with Gasteiger partial charge in [0.05, 0.1) is 26.4 Å². The highest BCUT2D eigenvalue weighted by Gasteiger charge is 2.37. The maximum absolute atomic E-state index is 11.2. The highest BCUT2D eigenvalue weighted by Crippen LogP contribution is 2.35. The van der Waals surface area contributed by atoms with Crippen molar-refractivity contribution >= 4 is 5.78 Å².